The molecular weight excluding hydrogens is 297 g/mol. The van der Waals surface area contributed by atoms with E-state index >= 15 is 0 Å². The molecule has 1 amide bonds. The van der Waals surface area contributed by atoms with Gasteiger partial charge in [-0.2, -0.15) is 0 Å². The lowest BCUT2D eigenvalue weighted by Gasteiger charge is -2.28. The quantitative estimate of drug-likeness (QED) is 0.943. The van der Waals surface area contributed by atoms with Gasteiger partial charge in [-0.3, -0.25) is 9.36 Å². The summed E-state index contributed by atoms with van der Waals surface area (Å²) in [5.74, 6) is -0.0614. The minimum Gasteiger partial charge on any atom is -0.381 e. The van der Waals surface area contributed by atoms with Crippen LogP contribution >= 0.6 is 0 Å². The summed E-state index contributed by atoms with van der Waals surface area (Å²) in [5, 5.41) is 3.04. The molecule has 23 heavy (non-hydrogen) atoms. The van der Waals surface area contributed by atoms with Crippen LogP contribution in [0.3, 0.4) is 0 Å². The van der Waals surface area contributed by atoms with Crippen LogP contribution in [-0.4, -0.2) is 34.7 Å². The van der Waals surface area contributed by atoms with E-state index in [9.17, 15) is 9.18 Å². The Labute approximate surface area is 134 Å². The number of carbonyl (C=O) groups excluding carboxylic acids is 1. The zero-order chi connectivity index (χ0) is 16.2. The molecule has 122 valence electrons. The van der Waals surface area contributed by atoms with Gasteiger partial charge in [0.05, 0.1) is 12.5 Å². The molecule has 1 N–H and O–H groups in total. The summed E-state index contributed by atoms with van der Waals surface area (Å²) < 4.78 is 20.1. The molecule has 5 nitrogen and oxygen atoms in total. The second-order valence-corrected chi connectivity index (χ2v) is 5.84. The topological polar surface area (TPSA) is 56.2 Å². The van der Waals surface area contributed by atoms with Crippen LogP contribution in [-0.2, 0) is 4.74 Å². The highest BCUT2D eigenvalue weighted by atomic mass is 19.1. The van der Waals surface area contributed by atoms with Crippen molar-refractivity contribution in [3.8, 4) is 5.69 Å². The van der Waals surface area contributed by atoms with Crippen LogP contribution < -0.4 is 5.32 Å². The number of amides is 1. The highest BCUT2D eigenvalue weighted by Crippen LogP contribution is 2.19. The summed E-state index contributed by atoms with van der Waals surface area (Å²) in [5.41, 5.74) is 1.14. The van der Waals surface area contributed by atoms with E-state index in [4.69, 9.17) is 4.74 Å². The second kappa shape index (κ2) is 6.91. The van der Waals surface area contributed by atoms with Crippen molar-refractivity contribution in [2.24, 2.45) is 5.92 Å². The zero-order valence-electron chi connectivity index (χ0n) is 13.0. The monoisotopic (exact) mass is 317 g/mol. The summed E-state index contributed by atoms with van der Waals surface area (Å²) in [6.45, 7) is 3.52. The number of nitrogens with zero attached hydrogens (tertiary/aromatic N) is 2. The fraction of sp³-hybridized carbons (Fsp3) is 0.412. The lowest BCUT2D eigenvalue weighted by molar-refractivity contribution is 0.0537. The molecule has 2 aromatic rings. The van der Waals surface area contributed by atoms with Gasteiger partial charge < -0.3 is 10.1 Å². The molecule has 1 unspecified atom stereocenters. The summed E-state index contributed by atoms with van der Waals surface area (Å²) in [6, 6.07) is 6.04. The van der Waals surface area contributed by atoms with E-state index in [0.29, 0.717) is 17.3 Å². The summed E-state index contributed by atoms with van der Waals surface area (Å²) in [6.07, 6.45) is 4.99. The normalized spacial score (nSPS) is 17.0. The molecule has 1 saturated heterocycles. The Morgan fingerprint density at radius 1 is 1.35 bits per heavy atom. The molecule has 1 atom stereocenters. The summed E-state index contributed by atoms with van der Waals surface area (Å²) in [4.78, 5) is 16.6. The maximum Gasteiger partial charge on any atom is 0.270 e. The van der Waals surface area contributed by atoms with Crippen molar-refractivity contribution < 1.29 is 13.9 Å². The van der Waals surface area contributed by atoms with Gasteiger partial charge in [0, 0.05) is 24.9 Å². The molecule has 1 aliphatic rings. The van der Waals surface area contributed by atoms with E-state index in [1.165, 1.54) is 18.3 Å². The third-order valence-corrected chi connectivity index (χ3v) is 4.31. The van der Waals surface area contributed by atoms with Gasteiger partial charge in [0.25, 0.3) is 5.91 Å². The van der Waals surface area contributed by atoms with Crippen LogP contribution in [0.5, 0.6) is 0 Å². The molecule has 1 aromatic heterocycles. The molecule has 1 aromatic carbocycles. The van der Waals surface area contributed by atoms with Crippen LogP contribution in [0.25, 0.3) is 5.69 Å². The Balaban J connectivity index is 1.73. The maximum absolute atomic E-state index is 13.1. The zero-order valence-corrected chi connectivity index (χ0v) is 13.0. The van der Waals surface area contributed by atoms with Gasteiger partial charge in [0.15, 0.2) is 0 Å². The van der Waals surface area contributed by atoms with Gasteiger partial charge in [-0.15, -0.1) is 0 Å². The van der Waals surface area contributed by atoms with Gasteiger partial charge in [0.1, 0.15) is 11.5 Å². The fourth-order valence-corrected chi connectivity index (χ4v) is 2.88. The first-order chi connectivity index (χ1) is 11.1. The van der Waals surface area contributed by atoms with Gasteiger partial charge in [0.2, 0.25) is 0 Å². The number of aromatic nitrogens is 2. The molecular formula is C17H20FN3O2. The molecule has 0 radical (unpaired) electrons. The van der Waals surface area contributed by atoms with Gasteiger partial charge >= 0.3 is 0 Å². The average Bonchev–Trinajstić information content (AvgIpc) is 3.06. The van der Waals surface area contributed by atoms with Crippen LogP contribution in [0.1, 0.15) is 30.3 Å². The van der Waals surface area contributed by atoms with Gasteiger partial charge in [-0.25, -0.2) is 9.37 Å². The van der Waals surface area contributed by atoms with E-state index in [1.54, 1.807) is 23.0 Å². The molecule has 0 bridgehead atoms. The largest absolute Gasteiger partial charge is 0.381 e. The van der Waals surface area contributed by atoms with E-state index in [0.717, 1.165) is 26.1 Å². The van der Waals surface area contributed by atoms with E-state index < -0.39 is 0 Å². The van der Waals surface area contributed by atoms with Crippen molar-refractivity contribution >= 4 is 5.91 Å². The number of rotatable bonds is 4. The van der Waals surface area contributed by atoms with Crippen molar-refractivity contribution in [2.45, 2.75) is 25.8 Å². The summed E-state index contributed by atoms with van der Waals surface area (Å²) >= 11 is 0. The lowest BCUT2D eigenvalue weighted by atomic mass is 9.93. The first-order valence-corrected chi connectivity index (χ1v) is 7.82. The third-order valence-electron chi connectivity index (χ3n) is 4.31. The van der Waals surface area contributed by atoms with E-state index in [-0.39, 0.29) is 17.8 Å². The fourth-order valence-electron chi connectivity index (χ4n) is 2.88. The predicted molar refractivity (Wildman–Crippen MR) is 84.0 cm³/mol. The Morgan fingerprint density at radius 3 is 2.74 bits per heavy atom. The summed E-state index contributed by atoms with van der Waals surface area (Å²) in [7, 11) is 0. The minimum absolute atomic E-state index is 0.0722. The van der Waals surface area contributed by atoms with Crippen molar-refractivity contribution in [1.29, 1.82) is 0 Å². The highest BCUT2D eigenvalue weighted by molar-refractivity contribution is 5.93. The molecule has 1 aliphatic heterocycles. The van der Waals surface area contributed by atoms with Crippen LogP contribution in [0.4, 0.5) is 4.39 Å². The third kappa shape index (κ3) is 3.59. The van der Waals surface area contributed by atoms with Crippen LogP contribution in [0.15, 0.2) is 36.8 Å². The van der Waals surface area contributed by atoms with Crippen molar-refractivity contribution in [2.75, 3.05) is 13.2 Å². The molecule has 0 spiro atoms. The van der Waals surface area contributed by atoms with Crippen molar-refractivity contribution in [3.63, 3.8) is 0 Å². The van der Waals surface area contributed by atoms with Gasteiger partial charge in [-0.1, -0.05) is 0 Å². The van der Waals surface area contributed by atoms with Crippen molar-refractivity contribution in [1.82, 2.24) is 14.9 Å². The number of hydrogen-bond acceptors (Lipinski definition) is 3. The van der Waals surface area contributed by atoms with E-state index in [2.05, 4.69) is 10.3 Å². The predicted octanol–water partition coefficient (Wildman–Crippen LogP) is 2.56. The Morgan fingerprint density at radius 2 is 2.04 bits per heavy atom. The Kier molecular flexibility index (Phi) is 4.71. The standard InChI is InChI=1S/C17H20FN3O2/c1-12(13-6-8-23-9-7-13)20-17(22)16-10-19-11-21(16)15-4-2-14(18)3-5-15/h2-5,10-13H,6-9H2,1H3,(H,20,22). The van der Waals surface area contributed by atoms with Crippen LogP contribution in [0.2, 0.25) is 0 Å². The maximum atomic E-state index is 13.1. The highest BCUT2D eigenvalue weighted by Gasteiger charge is 2.23. The molecule has 0 aliphatic carbocycles. The Bertz CT molecular complexity index is 663. The first kappa shape index (κ1) is 15.7. The molecule has 1 fully saturated rings. The number of ether oxygens (including phenoxy) is 1. The van der Waals surface area contributed by atoms with Crippen LogP contribution in [0, 0.1) is 11.7 Å². The molecule has 2 heterocycles. The number of hydrogen-bond donors (Lipinski definition) is 1. The lowest BCUT2D eigenvalue weighted by Crippen LogP contribution is -2.40. The molecule has 6 heteroatoms. The van der Waals surface area contributed by atoms with E-state index in [1.807, 2.05) is 6.92 Å². The minimum atomic E-state index is -0.312. The average molecular weight is 317 g/mol. The number of nitrogens with one attached hydrogen (secondary N) is 1. The number of benzene rings is 1. The number of imidazole rings is 1. The SMILES string of the molecule is CC(NC(=O)c1cncn1-c1ccc(F)cc1)C1CCOCC1. The molecule has 0 saturated carbocycles. The molecule has 3 rings (SSSR count). The second-order valence-electron chi connectivity index (χ2n) is 5.84. The number of carbonyl (C=O) groups is 1. The van der Waals surface area contributed by atoms with Crippen molar-refractivity contribution in [3.05, 3.63) is 48.3 Å². The number of halogens is 1. The first-order valence-electron chi connectivity index (χ1n) is 7.82. The van der Waals surface area contributed by atoms with Gasteiger partial charge in [-0.05, 0) is 49.9 Å². The Hall–Kier alpha value is -2.21. The smallest absolute Gasteiger partial charge is 0.270 e.